The van der Waals surface area contributed by atoms with Gasteiger partial charge >= 0.3 is 0 Å². The van der Waals surface area contributed by atoms with E-state index in [4.69, 9.17) is 15.1 Å². The van der Waals surface area contributed by atoms with Gasteiger partial charge in [0, 0.05) is 0 Å². The largest absolute Gasteiger partial charge is 0.494 e. The lowest BCUT2D eigenvalue weighted by Gasteiger charge is -2.15. The van der Waals surface area contributed by atoms with Crippen molar-refractivity contribution in [3.05, 3.63) is 23.8 Å². The van der Waals surface area contributed by atoms with E-state index in [1.807, 2.05) is 13.8 Å². The van der Waals surface area contributed by atoms with Crippen molar-refractivity contribution in [1.29, 1.82) is 5.26 Å². The summed E-state index contributed by atoms with van der Waals surface area (Å²) >= 11 is 0. The SMILES string of the molecule is Cc1cc(OCCCC(C)(C)C#N)ccc1S(N)(=O)=O. The molecule has 1 rings (SSSR count). The number of nitriles is 1. The molecule has 0 amide bonds. The molecule has 0 aliphatic rings. The third-order valence-electron chi connectivity index (χ3n) is 2.97. The van der Waals surface area contributed by atoms with Gasteiger partial charge < -0.3 is 4.74 Å². The first-order valence-corrected chi connectivity index (χ1v) is 7.88. The van der Waals surface area contributed by atoms with Crippen molar-refractivity contribution in [3.63, 3.8) is 0 Å². The summed E-state index contributed by atoms with van der Waals surface area (Å²) in [5.41, 5.74) is 0.207. The Hall–Kier alpha value is -1.58. The van der Waals surface area contributed by atoms with Crippen molar-refractivity contribution in [1.82, 2.24) is 0 Å². The molecule has 0 radical (unpaired) electrons. The molecular formula is C14H20N2O3S. The van der Waals surface area contributed by atoms with Gasteiger partial charge in [0.05, 0.1) is 23.0 Å². The van der Waals surface area contributed by atoms with Crippen LogP contribution in [0.3, 0.4) is 0 Å². The number of nitrogens with two attached hydrogens (primary N) is 1. The van der Waals surface area contributed by atoms with Gasteiger partial charge in [-0.1, -0.05) is 0 Å². The van der Waals surface area contributed by atoms with E-state index in [1.165, 1.54) is 6.07 Å². The van der Waals surface area contributed by atoms with Crippen LogP contribution in [-0.4, -0.2) is 15.0 Å². The van der Waals surface area contributed by atoms with E-state index >= 15 is 0 Å². The zero-order valence-corrected chi connectivity index (χ0v) is 12.8. The molecule has 110 valence electrons. The molecule has 0 saturated heterocycles. The zero-order chi connectivity index (χ0) is 15.4. The third-order valence-corrected chi connectivity index (χ3v) is 4.04. The van der Waals surface area contributed by atoms with Crippen molar-refractivity contribution in [2.24, 2.45) is 10.6 Å². The van der Waals surface area contributed by atoms with Crippen LogP contribution in [0.4, 0.5) is 0 Å². The first kappa shape index (κ1) is 16.5. The van der Waals surface area contributed by atoms with Crippen LogP contribution in [0, 0.1) is 23.7 Å². The lowest BCUT2D eigenvalue weighted by molar-refractivity contribution is 0.284. The fraction of sp³-hybridized carbons (Fsp3) is 0.500. The monoisotopic (exact) mass is 296 g/mol. The second-order valence-electron chi connectivity index (χ2n) is 5.42. The quantitative estimate of drug-likeness (QED) is 0.815. The predicted molar refractivity (Wildman–Crippen MR) is 76.7 cm³/mol. The molecule has 2 N–H and O–H groups in total. The van der Waals surface area contributed by atoms with Crippen LogP contribution in [0.2, 0.25) is 0 Å². The lowest BCUT2D eigenvalue weighted by atomic mass is 9.90. The maximum Gasteiger partial charge on any atom is 0.238 e. The van der Waals surface area contributed by atoms with Gasteiger partial charge in [0.1, 0.15) is 5.75 Å². The molecule has 0 aliphatic heterocycles. The second-order valence-corrected chi connectivity index (χ2v) is 6.95. The second kappa shape index (κ2) is 6.25. The van der Waals surface area contributed by atoms with Gasteiger partial charge in [-0.25, -0.2) is 13.6 Å². The van der Waals surface area contributed by atoms with E-state index in [0.29, 0.717) is 17.9 Å². The molecule has 1 aromatic carbocycles. The fourth-order valence-corrected chi connectivity index (χ4v) is 2.56. The minimum absolute atomic E-state index is 0.107. The molecule has 0 saturated carbocycles. The molecular weight excluding hydrogens is 276 g/mol. The van der Waals surface area contributed by atoms with Crippen LogP contribution in [0.15, 0.2) is 23.1 Å². The maximum absolute atomic E-state index is 11.3. The molecule has 6 heteroatoms. The molecule has 0 aliphatic carbocycles. The Labute approximate surface area is 120 Å². The Bertz CT molecular complexity index is 616. The van der Waals surface area contributed by atoms with Crippen molar-refractivity contribution in [2.75, 3.05) is 6.61 Å². The zero-order valence-electron chi connectivity index (χ0n) is 12.0. The Balaban J connectivity index is 2.60. The highest BCUT2D eigenvalue weighted by Gasteiger charge is 2.16. The molecule has 1 aromatic rings. The van der Waals surface area contributed by atoms with Crippen LogP contribution < -0.4 is 9.88 Å². The van der Waals surface area contributed by atoms with Crippen molar-refractivity contribution < 1.29 is 13.2 Å². The smallest absolute Gasteiger partial charge is 0.238 e. The van der Waals surface area contributed by atoms with E-state index in [2.05, 4.69) is 6.07 Å². The summed E-state index contributed by atoms with van der Waals surface area (Å²) in [5.74, 6) is 0.602. The van der Waals surface area contributed by atoms with Gasteiger partial charge in [-0.15, -0.1) is 0 Å². The van der Waals surface area contributed by atoms with Crippen molar-refractivity contribution >= 4 is 10.0 Å². The van der Waals surface area contributed by atoms with Crippen molar-refractivity contribution in [2.45, 2.75) is 38.5 Å². The van der Waals surface area contributed by atoms with Crippen LogP contribution in [0.5, 0.6) is 5.75 Å². The van der Waals surface area contributed by atoms with Gasteiger partial charge in [-0.3, -0.25) is 0 Å². The highest BCUT2D eigenvalue weighted by atomic mass is 32.2. The Morgan fingerprint density at radius 2 is 2.05 bits per heavy atom. The fourth-order valence-electron chi connectivity index (χ4n) is 1.79. The molecule has 0 atom stereocenters. The standard InChI is InChI=1S/C14H20N2O3S/c1-11-9-12(5-6-13(11)20(16,17)18)19-8-4-7-14(2,3)10-15/h5-6,9H,4,7-8H2,1-3H3,(H2,16,17,18). The Morgan fingerprint density at radius 3 is 2.55 bits per heavy atom. The number of benzene rings is 1. The third kappa shape index (κ3) is 4.83. The summed E-state index contributed by atoms with van der Waals surface area (Å²) in [6.07, 6.45) is 1.51. The van der Waals surface area contributed by atoms with Crippen molar-refractivity contribution in [3.8, 4) is 11.8 Å². The summed E-state index contributed by atoms with van der Waals surface area (Å²) < 4.78 is 28.1. The van der Waals surface area contributed by atoms with Crippen LogP contribution in [-0.2, 0) is 10.0 Å². The average molecular weight is 296 g/mol. The molecule has 0 aromatic heterocycles. The first-order valence-electron chi connectivity index (χ1n) is 6.33. The van der Waals surface area contributed by atoms with Gasteiger partial charge in [-0.2, -0.15) is 5.26 Å². The number of hydrogen-bond donors (Lipinski definition) is 1. The van der Waals surface area contributed by atoms with Gasteiger partial charge in [0.2, 0.25) is 10.0 Å². The normalized spacial score (nSPS) is 11.9. The Kier molecular flexibility index (Phi) is 5.15. The minimum atomic E-state index is -3.69. The summed E-state index contributed by atoms with van der Waals surface area (Å²) in [6, 6.07) is 6.91. The average Bonchev–Trinajstić information content (AvgIpc) is 2.33. The molecule has 0 fully saturated rings. The number of aryl methyl sites for hydroxylation is 1. The molecule has 0 spiro atoms. The first-order chi connectivity index (χ1) is 9.15. The number of sulfonamides is 1. The number of rotatable bonds is 6. The van der Waals surface area contributed by atoms with E-state index < -0.39 is 10.0 Å². The van der Waals surface area contributed by atoms with E-state index in [1.54, 1.807) is 19.1 Å². The lowest BCUT2D eigenvalue weighted by Crippen LogP contribution is -2.13. The Morgan fingerprint density at radius 1 is 1.40 bits per heavy atom. The van der Waals surface area contributed by atoms with E-state index in [9.17, 15) is 8.42 Å². The predicted octanol–water partition coefficient (Wildman–Crippen LogP) is 2.35. The van der Waals surface area contributed by atoms with Gasteiger partial charge in [-0.05, 0) is 57.4 Å². The van der Waals surface area contributed by atoms with Gasteiger partial charge in [0.15, 0.2) is 0 Å². The molecule has 0 heterocycles. The minimum Gasteiger partial charge on any atom is -0.494 e. The molecule has 20 heavy (non-hydrogen) atoms. The van der Waals surface area contributed by atoms with Gasteiger partial charge in [0.25, 0.3) is 0 Å². The van der Waals surface area contributed by atoms with E-state index in [0.717, 1.165) is 12.8 Å². The molecule has 5 nitrogen and oxygen atoms in total. The number of ether oxygens (including phenoxy) is 1. The molecule has 0 unspecified atom stereocenters. The summed E-state index contributed by atoms with van der Waals surface area (Å²) in [6.45, 7) is 5.93. The highest BCUT2D eigenvalue weighted by Crippen LogP contribution is 2.23. The number of hydrogen-bond acceptors (Lipinski definition) is 4. The van der Waals surface area contributed by atoms with E-state index in [-0.39, 0.29) is 10.3 Å². The number of nitrogens with zero attached hydrogens (tertiary/aromatic N) is 1. The highest BCUT2D eigenvalue weighted by molar-refractivity contribution is 7.89. The number of primary sulfonamides is 1. The van der Waals surface area contributed by atoms with Crippen LogP contribution in [0.25, 0.3) is 0 Å². The van der Waals surface area contributed by atoms with Crippen LogP contribution >= 0.6 is 0 Å². The summed E-state index contributed by atoms with van der Waals surface area (Å²) in [4.78, 5) is 0.107. The molecule has 0 bridgehead atoms. The summed E-state index contributed by atoms with van der Waals surface area (Å²) in [7, 11) is -3.69. The van der Waals surface area contributed by atoms with Crippen LogP contribution in [0.1, 0.15) is 32.3 Å². The maximum atomic E-state index is 11.3. The summed E-state index contributed by atoms with van der Waals surface area (Å²) in [5, 5.41) is 14.0. The topological polar surface area (TPSA) is 93.2 Å².